The van der Waals surface area contributed by atoms with Gasteiger partial charge in [0, 0.05) is 24.8 Å². The number of benzene rings is 2. The number of fused-ring (bicyclic) bond motifs is 1. The zero-order valence-electron chi connectivity index (χ0n) is 21.4. The van der Waals surface area contributed by atoms with Gasteiger partial charge in [-0.3, -0.25) is 9.69 Å². The number of aryl methyl sites for hydroxylation is 1. The lowest BCUT2D eigenvalue weighted by Gasteiger charge is -2.30. The maximum atomic E-state index is 14.1. The summed E-state index contributed by atoms with van der Waals surface area (Å²) < 4.78 is 12.6. The number of carbonyl (C=O) groups excluding carboxylic acids is 1. The Bertz CT molecular complexity index is 1520. The number of hydrogen-bond acceptors (Lipinski definition) is 9. The highest BCUT2D eigenvalue weighted by Gasteiger charge is 2.45. The van der Waals surface area contributed by atoms with Crippen LogP contribution in [-0.4, -0.2) is 56.4 Å². The highest BCUT2D eigenvalue weighted by molar-refractivity contribution is 6.11. The van der Waals surface area contributed by atoms with E-state index in [1.165, 1.54) is 14.2 Å². The fraction of sp³-hybridized carbons (Fsp3) is 0.259. The van der Waals surface area contributed by atoms with E-state index in [0.717, 1.165) is 11.1 Å². The molecule has 11 heteroatoms. The molecular weight excluding hydrogens is 488 g/mol. The summed E-state index contributed by atoms with van der Waals surface area (Å²) in [6, 6.07) is 10.8. The number of ether oxygens (including phenoxy) is 2. The van der Waals surface area contributed by atoms with Crippen LogP contribution >= 0.6 is 0 Å². The van der Waals surface area contributed by atoms with Crippen molar-refractivity contribution in [3.05, 3.63) is 71.2 Å². The monoisotopic (exact) mass is 516 g/mol. The highest BCUT2D eigenvalue weighted by Crippen LogP contribution is 2.46. The number of imidazole rings is 1. The molecule has 0 fully saturated rings. The Morgan fingerprint density at radius 2 is 1.76 bits per heavy atom. The van der Waals surface area contributed by atoms with Crippen molar-refractivity contribution in [1.82, 2.24) is 19.5 Å². The molecule has 1 aliphatic rings. The standard InChI is InChI=1S/C27H28N6O5/c1-14-5-8-18(35)11-20(14)33-22(16-6-9-17(34)10-7-16)23-21(26(33)36)30-24(32(23)15(2)12-28)19-13-29-27(38-4)31-25(19)37-3/h5-11,13,15,22,34-35H,12,28H2,1-4H3. The molecule has 4 N–H and O–H groups in total. The first-order valence-corrected chi connectivity index (χ1v) is 12.0. The van der Waals surface area contributed by atoms with Gasteiger partial charge in [0.1, 0.15) is 23.4 Å². The Labute approximate surface area is 219 Å². The molecule has 2 aromatic heterocycles. The summed E-state index contributed by atoms with van der Waals surface area (Å²) in [6.45, 7) is 4.06. The van der Waals surface area contributed by atoms with Crippen LogP contribution in [0.3, 0.4) is 0 Å². The zero-order valence-corrected chi connectivity index (χ0v) is 21.4. The second kappa shape index (κ2) is 9.67. The van der Waals surface area contributed by atoms with Gasteiger partial charge >= 0.3 is 6.01 Å². The van der Waals surface area contributed by atoms with Crippen LogP contribution in [0.15, 0.2) is 48.7 Å². The molecule has 0 radical (unpaired) electrons. The first-order chi connectivity index (χ1) is 18.3. The number of nitrogens with two attached hydrogens (primary N) is 1. The summed E-state index contributed by atoms with van der Waals surface area (Å²) in [7, 11) is 2.94. The minimum absolute atomic E-state index is 0.0337. The number of amides is 1. The number of nitrogens with zero attached hydrogens (tertiary/aromatic N) is 5. The van der Waals surface area contributed by atoms with Gasteiger partial charge in [-0.05, 0) is 43.2 Å². The van der Waals surface area contributed by atoms with E-state index in [2.05, 4.69) is 9.97 Å². The molecule has 0 saturated carbocycles. The minimum atomic E-state index is -0.626. The zero-order chi connectivity index (χ0) is 27.1. The second-order valence-corrected chi connectivity index (χ2v) is 9.04. The number of hydrogen-bond donors (Lipinski definition) is 3. The number of aromatic hydroxyl groups is 2. The topological polar surface area (TPSA) is 149 Å². The average molecular weight is 517 g/mol. The fourth-order valence-electron chi connectivity index (χ4n) is 4.79. The summed E-state index contributed by atoms with van der Waals surface area (Å²) in [5, 5.41) is 20.2. The molecule has 196 valence electrons. The van der Waals surface area contributed by atoms with E-state index < -0.39 is 6.04 Å². The number of carbonyl (C=O) groups is 1. The first-order valence-electron chi connectivity index (χ1n) is 12.0. The first kappa shape index (κ1) is 25.0. The Hall–Kier alpha value is -4.64. The van der Waals surface area contributed by atoms with Crippen LogP contribution in [0.25, 0.3) is 11.4 Å². The van der Waals surface area contributed by atoms with E-state index >= 15 is 0 Å². The number of methoxy groups -OCH3 is 2. The van der Waals surface area contributed by atoms with E-state index in [1.54, 1.807) is 53.6 Å². The van der Waals surface area contributed by atoms with Gasteiger partial charge in [0.25, 0.3) is 5.91 Å². The van der Waals surface area contributed by atoms with E-state index in [9.17, 15) is 15.0 Å². The Kier molecular flexibility index (Phi) is 6.37. The van der Waals surface area contributed by atoms with Crippen molar-refractivity contribution in [3.63, 3.8) is 0 Å². The van der Waals surface area contributed by atoms with Crippen LogP contribution in [0.4, 0.5) is 5.69 Å². The third-order valence-corrected chi connectivity index (χ3v) is 6.68. The van der Waals surface area contributed by atoms with Crippen LogP contribution in [0.2, 0.25) is 0 Å². The molecule has 0 spiro atoms. The summed E-state index contributed by atoms with van der Waals surface area (Å²) in [5.74, 6) is 0.455. The van der Waals surface area contributed by atoms with Crippen LogP contribution in [0, 0.1) is 6.92 Å². The van der Waals surface area contributed by atoms with Crippen molar-refractivity contribution in [3.8, 4) is 34.8 Å². The van der Waals surface area contributed by atoms with Crippen molar-refractivity contribution in [2.24, 2.45) is 5.73 Å². The van der Waals surface area contributed by atoms with Gasteiger partial charge in [0.05, 0.1) is 31.2 Å². The van der Waals surface area contributed by atoms with Crippen molar-refractivity contribution >= 4 is 11.6 Å². The summed E-state index contributed by atoms with van der Waals surface area (Å²) in [6.07, 6.45) is 1.54. The maximum absolute atomic E-state index is 14.1. The molecule has 1 amide bonds. The SMILES string of the molecule is COc1ncc(-c2nc3c(n2C(C)CN)C(c2ccc(O)cc2)N(c2cc(O)ccc2C)C3=O)c(OC)n1. The summed E-state index contributed by atoms with van der Waals surface area (Å²) in [4.78, 5) is 29.0. The normalized spacial score (nSPS) is 15.4. The predicted octanol–water partition coefficient (Wildman–Crippen LogP) is 3.35. The van der Waals surface area contributed by atoms with Crippen LogP contribution in [-0.2, 0) is 0 Å². The van der Waals surface area contributed by atoms with E-state index in [1.807, 2.05) is 18.4 Å². The van der Waals surface area contributed by atoms with Gasteiger partial charge in [-0.2, -0.15) is 4.98 Å². The van der Waals surface area contributed by atoms with E-state index in [-0.39, 0.29) is 47.6 Å². The van der Waals surface area contributed by atoms with Crippen LogP contribution < -0.4 is 20.1 Å². The van der Waals surface area contributed by atoms with Gasteiger partial charge in [-0.1, -0.05) is 18.2 Å². The number of phenolic OH excluding ortho intramolecular Hbond substituents is 2. The number of aromatic nitrogens is 4. The van der Waals surface area contributed by atoms with Gasteiger partial charge in [0.15, 0.2) is 5.69 Å². The smallest absolute Gasteiger partial charge is 0.319 e. The van der Waals surface area contributed by atoms with Crippen molar-refractivity contribution in [1.29, 1.82) is 0 Å². The molecule has 4 aromatic rings. The summed E-state index contributed by atoms with van der Waals surface area (Å²) in [5.41, 5.74) is 9.57. The third-order valence-electron chi connectivity index (χ3n) is 6.68. The molecule has 2 atom stereocenters. The molecule has 5 rings (SSSR count). The van der Waals surface area contributed by atoms with E-state index in [0.29, 0.717) is 22.8 Å². The van der Waals surface area contributed by atoms with Crippen molar-refractivity contribution in [2.45, 2.75) is 25.9 Å². The maximum Gasteiger partial charge on any atom is 0.319 e. The van der Waals surface area contributed by atoms with E-state index in [4.69, 9.17) is 20.2 Å². The lowest BCUT2D eigenvalue weighted by Crippen LogP contribution is -2.31. The third kappa shape index (κ3) is 3.97. The number of rotatable bonds is 7. The van der Waals surface area contributed by atoms with Crippen LogP contribution in [0.5, 0.6) is 23.4 Å². The average Bonchev–Trinajstić information content (AvgIpc) is 3.44. The lowest BCUT2D eigenvalue weighted by atomic mass is 10.0. The molecule has 0 bridgehead atoms. The van der Waals surface area contributed by atoms with Gasteiger partial charge in [-0.15, -0.1) is 0 Å². The molecule has 0 saturated heterocycles. The Morgan fingerprint density at radius 1 is 1.05 bits per heavy atom. The molecule has 38 heavy (non-hydrogen) atoms. The molecule has 2 aromatic carbocycles. The quantitative estimate of drug-likeness (QED) is 0.336. The van der Waals surface area contributed by atoms with Crippen molar-refractivity contribution < 1.29 is 24.5 Å². The summed E-state index contributed by atoms with van der Waals surface area (Å²) >= 11 is 0. The molecule has 2 unspecified atom stereocenters. The molecular formula is C27H28N6O5. The predicted molar refractivity (Wildman–Crippen MR) is 140 cm³/mol. The number of anilines is 1. The number of phenols is 2. The Balaban J connectivity index is 1.80. The molecule has 0 aliphatic carbocycles. The van der Waals surface area contributed by atoms with Gasteiger partial charge < -0.3 is 30.0 Å². The molecule has 3 heterocycles. The fourth-order valence-corrected chi connectivity index (χ4v) is 4.79. The molecule has 11 nitrogen and oxygen atoms in total. The van der Waals surface area contributed by atoms with Crippen LogP contribution in [0.1, 0.15) is 46.3 Å². The largest absolute Gasteiger partial charge is 0.508 e. The lowest BCUT2D eigenvalue weighted by molar-refractivity contribution is 0.0989. The second-order valence-electron chi connectivity index (χ2n) is 9.04. The molecule has 1 aliphatic heterocycles. The van der Waals surface area contributed by atoms with Crippen molar-refractivity contribution in [2.75, 3.05) is 25.7 Å². The Morgan fingerprint density at radius 3 is 2.42 bits per heavy atom. The minimum Gasteiger partial charge on any atom is -0.508 e. The highest BCUT2D eigenvalue weighted by atomic mass is 16.5. The van der Waals surface area contributed by atoms with Gasteiger partial charge in [-0.25, -0.2) is 9.97 Å². The van der Waals surface area contributed by atoms with Gasteiger partial charge in [0.2, 0.25) is 5.88 Å².